The quantitative estimate of drug-likeness (QED) is 0.238. The maximum atomic E-state index is 14.6. The van der Waals surface area contributed by atoms with Gasteiger partial charge < -0.3 is 4.90 Å². The van der Waals surface area contributed by atoms with E-state index in [2.05, 4.69) is 13.8 Å². The molecule has 6 aliphatic rings. The van der Waals surface area contributed by atoms with Crippen LogP contribution in [0.2, 0.25) is 0 Å². The zero-order chi connectivity index (χ0) is 35.0. The molecule has 0 bridgehead atoms. The number of amides is 1. The topological polar surface area (TPSA) is 123 Å². The Kier molecular flexibility index (Phi) is 11.3. The number of carbonyl (C=O) groups is 5. The Hall–Kier alpha value is -1.90. The number of rotatable bonds is 9. The van der Waals surface area contributed by atoms with Crippen LogP contribution in [0.5, 0.6) is 0 Å². The van der Waals surface area contributed by atoms with E-state index in [9.17, 15) is 32.4 Å². The van der Waals surface area contributed by atoms with Gasteiger partial charge in [-0.2, -0.15) is 0 Å². The van der Waals surface area contributed by atoms with Crippen LogP contribution >= 0.6 is 0 Å². The van der Waals surface area contributed by atoms with E-state index in [4.69, 9.17) is 0 Å². The smallest absolute Gasteiger partial charge is 0.226 e. The molecule has 6 atom stereocenters. The van der Waals surface area contributed by atoms with Crippen LogP contribution in [0.15, 0.2) is 0 Å². The molecule has 0 aromatic heterocycles. The van der Waals surface area contributed by atoms with Crippen LogP contribution in [-0.4, -0.2) is 65.9 Å². The van der Waals surface area contributed by atoms with Gasteiger partial charge in [-0.15, -0.1) is 0 Å². The van der Waals surface area contributed by atoms with Crippen LogP contribution in [-0.2, 0) is 33.8 Å². The van der Waals surface area contributed by atoms with Crippen molar-refractivity contribution in [2.24, 2.45) is 40.4 Å². The largest absolute Gasteiger partial charge is 0.332 e. The van der Waals surface area contributed by atoms with Gasteiger partial charge in [-0.3, -0.25) is 24.0 Å². The summed E-state index contributed by atoms with van der Waals surface area (Å²) < 4.78 is 26.3. The molecule has 3 saturated heterocycles. The van der Waals surface area contributed by atoms with Crippen molar-refractivity contribution in [2.45, 2.75) is 166 Å². The molecule has 3 heterocycles. The van der Waals surface area contributed by atoms with Crippen molar-refractivity contribution in [3.8, 4) is 0 Å². The number of Topliss-reactive ketones (excluding diaryl/α,β-unsaturated/α-hetero) is 4. The summed E-state index contributed by atoms with van der Waals surface area (Å²) in [5.74, 6) is -1.38. The fraction of sp³-hybridized carbons (Fsp3) is 0.875. The summed E-state index contributed by atoms with van der Waals surface area (Å²) in [6, 6.07) is -0.625. The average Bonchev–Trinajstić information content (AvgIpc) is 3.83. The summed E-state index contributed by atoms with van der Waals surface area (Å²) in [6.45, 7) is 4.79. The third-order valence-electron chi connectivity index (χ3n) is 13.9. The van der Waals surface area contributed by atoms with Crippen LogP contribution in [0.25, 0.3) is 0 Å². The summed E-state index contributed by atoms with van der Waals surface area (Å²) in [6.07, 6.45) is 16.2. The Bertz CT molecular complexity index is 1390. The second-order valence-corrected chi connectivity index (χ2v) is 20.1. The first-order chi connectivity index (χ1) is 23.3. The average molecular weight is 700 g/mol. The first-order valence-electron chi connectivity index (χ1n) is 20.0. The predicted molar refractivity (Wildman–Crippen MR) is 188 cm³/mol. The molecule has 9 heteroatoms. The number of piperidine rings is 1. The minimum absolute atomic E-state index is 0.00493. The molecule has 49 heavy (non-hydrogen) atoms. The van der Waals surface area contributed by atoms with Crippen molar-refractivity contribution in [1.29, 1.82) is 0 Å². The summed E-state index contributed by atoms with van der Waals surface area (Å²) >= 11 is 0. The molecule has 6 fully saturated rings. The summed E-state index contributed by atoms with van der Waals surface area (Å²) in [5.41, 5.74) is -0.604. The van der Waals surface area contributed by atoms with E-state index < -0.39 is 44.2 Å². The van der Waals surface area contributed by atoms with E-state index in [1.165, 1.54) is 0 Å². The molecule has 3 aliphatic heterocycles. The third kappa shape index (κ3) is 8.12. The first kappa shape index (κ1) is 36.9. The van der Waals surface area contributed by atoms with Gasteiger partial charge in [0.25, 0.3) is 0 Å². The molecule has 0 unspecified atom stereocenters. The summed E-state index contributed by atoms with van der Waals surface area (Å²) in [7, 11) is -3.23. The highest BCUT2D eigenvalue weighted by atomic mass is 32.2. The van der Waals surface area contributed by atoms with Crippen molar-refractivity contribution in [3.05, 3.63) is 0 Å². The first-order valence-corrected chi connectivity index (χ1v) is 21.7. The van der Waals surface area contributed by atoms with Crippen LogP contribution < -0.4 is 0 Å². The molecule has 0 N–H and O–H groups in total. The van der Waals surface area contributed by atoms with Crippen LogP contribution in [0.4, 0.5) is 0 Å². The zero-order valence-electron chi connectivity index (χ0n) is 30.2. The molecule has 3 aliphatic carbocycles. The van der Waals surface area contributed by atoms with Gasteiger partial charge in [0.05, 0.1) is 17.0 Å². The third-order valence-corrected chi connectivity index (χ3v) is 16.4. The standard InChI is InChI=1S/C40H61NO7S/c1-39(2)31-26-41-36(35(31)39)32(43)24-28(37(45)33(44)22-27-17-18-27)14-9-6-4-3-5-7-10-15-29(38(41)46)23-30(42)25-40(19-11-8-12-20-40)34-16-13-21-49(34,47)48/h27-29,31,34-36H,3-26H2,1-2H3/t28-,29-,31+,34+,35+,36-/m1/s1. The van der Waals surface area contributed by atoms with Crippen molar-refractivity contribution in [1.82, 2.24) is 4.90 Å². The van der Waals surface area contributed by atoms with E-state index in [1.54, 1.807) is 4.90 Å². The number of fused-ring (bicyclic) bond motifs is 3. The van der Waals surface area contributed by atoms with Gasteiger partial charge in [0.2, 0.25) is 11.7 Å². The normalized spacial score (nSPS) is 34.9. The Morgan fingerprint density at radius 1 is 0.776 bits per heavy atom. The maximum absolute atomic E-state index is 14.6. The predicted octanol–water partition coefficient (Wildman–Crippen LogP) is 7.00. The van der Waals surface area contributed by atoms with Gasteiger partial charge in [-0.05, 0) is 80.0 Å². The van der Waals surface area contributed by atoms with E-state index in [-0.39, 0.29) is 65.5 Å². The maximum Gasteiger partial charge on any atom is 0.226 e. The Labute approximate surface area is 294 Å². The van der Waals surface area contributed by atoms with Gasteiger partial charge in [0, 0.05) is 44.1 Å². The molecule has 0 aromatic rings. The van der Waals surface area contributed by atoms with Gasteiger partial charge >= 0.3 is 0 Å². The van der Waals surface area contributed by atoms with Crippen LogP contribution in [0, 0.1) is 40.4 Å². The summed E-state index contributed by atoms with van der Waals surface area (Å²) in [4.78, 5) is 71.1. The number of sulfone groups is 1. The van der Waals surface area contributed by atoms with Gasteiger partial charge in [0.1, 0.15) is 5.78 Å². The van der Waals surface area contributed by atoms with Gasteiger partial charge in [0.15, 0.2) is 21.4 Å². The highest BCUT2D eigenvalue weighted by molar-refractivity contribution is 7.92. The van der Waals surface area contributed by atoms with E-state index in [1.807, 2.05) is 0 Å². The minimum atomic E-state index is -3.23. The molecular weight excluding hydrogens is 639 g/mol. The minimum Gasteiger partial charge on any atom is -0.332 e. The molecule has 0 spiro atoms. The second kappa shape index (κ2) is 15.0. The lowest BCUT2D eigenvalue weighted by Crippen LogP contribution is -2.49. The lowest BCUT2D eigenvalue weighted by Gasteiger charge is -2.41. The van der Waals surface area contributed by atoms with Crippen molar-refractivity contribution in [3.63, 3.8) is 0 Å². The summed E-state index contributed by atoms with van der Waals surface area (Å²) in [5, 5.41) is -0.460. The SMILES string of the molecule is CC1(C)[C@@H]2[C@H]3C(=O)C[C@H](C(=O)C(=O)CC4CC4)CCCCCCCCC[C@H](CC(=O)CC4([C@@H]5CCCS5(=O)=O)CCCCC4)C(=O)N3C[C@@H]21. The fourth-order valence-electron chi connectivity index (χ4n) is 10.8. The highest BCUT2D eigenvalue weighted by Gasteiger charge is 2.69. The second-order valence-electron chi connectivity index (χ2n) is 17.8. The van der Waals surface area contributed by atoms with Gasteiger partial charge in [-0.1, -0.05) is 78.1 Å². The number of hydrogen-bond donors (Lipinski definition) is 0. The molecule has 6 rings (SSSR count). The van der Waals surface area contributed by atoms with E-state index in [0.29, 0.717) is 44.6 Å². The number of nitrogens with zero attached hydrogens (tertiary/aromatic N) is 1. The molecule has 3 saturated carbocycles. The Morgan fingerprint density at radius 2 is 1.41 bits per heavy atom. The van der Waals surface area contributed by atoms with Gasteiger partial charge in [-0.25, -0.2) is 8.42 Å². The molecule has 8 nitrogen and oxygen atoms in total. The van der Waals surface area contributed by atoms with Crippen molar-refractivity contribution < 1.29 is 32.4 Å². The number of ketones is 4. The number of carbonyl (C=O) groups excluding carboxylic acids is 5. The van der Waals surface area contributed by atoms with Crippen molar-refractivity contribution >= 4 is 38.9 Å². The fourth-order valence-corrected chi connectivity index (χ4v) is 13.2. The molecular formula is C40H61NO7S. The van der Waals surface area contributed by atoms with E-state index in [0.717, 1.165) is 89.9 Å². The Morgan fingerprint density at radius 3 is 2.04 bits per heavy atom. The monoisotopic (exact) mass is 699 g/mol. The molecule has 1 amide bonds. The number of hydrogen-bond acceptors (Lipinski definition) is 7. The van der Waals surface area contributed by atoms with Crippen LogP contribution in [0.1, 0.15) is 155 Å². The Balaban J connectivity index is 1.22. The molecule has 274 valence electrons. The highest BCUT2D eigenvalue weighted by Crippen LogP contribution is 2.65. The zero-order valence-corrected chi connectivity index (χ0v) is 31.0. The molecule has 0 aromatic carbocycles. The van der Waals surface area contributed by atoms with E-state index >= 15 is 0 Å². The van der Waals surface area contributed by atoms with Crippen LogP contribution in [0.3, 0.4) is 0 Å². The lowest BCUT2D eigenvalue weighted by atomic mass is 9.67. The lowest BCUT2D eigenvalue weighted by molar-refractivity contribution is -0.146. The molecule has 0 radical (unpaired) electrons. The van der Waals surface area contributed by atoms with Crippen molar-refractivity contribution in [2.75, 3.05) is 12.3 Å².